The lowest BCUT2D eigenvalue weighted by Crippen LogP contribution is -2.42. The van der Waals surface area contributed by atoms with Crippen molar-refractivity contribution in [1.29, 1.82) is 0 Å². The average Bonchev–Trinajstić information content (AvgIpc) is 2.93. The predicted octanol–water partition coefficient (Wildman–Crippen LogP) is 1.63. The van der Waals surface area contributed by atoms with E-state index in [2.05, 4.69) is 10.2 Å². The highest BCUT2D eigenvalue weighted by atomic mass is 32.1. The van der Waals surface area contributed by atoms with E-state index in [9.17, 15) is 4.79 Å². The first-order chi connectivity index (χ1) is 9.19. The molecule has 2 rings (SSSR count). The summed E-state index contributed by atoms with van der Waals surface area (Å²) in [5.41, 5.74) is 0. The SMILES string of the molecule is CC(NC(=O)CN1CCC(CO)CC1)c1cccs1. The van der Waals surface area contributed by atoms with Gasteiger partial charge in [0.15, 0.2) is 0 Å². The number of amides is 1. The molecule has 1 atom stereocenters. The molecule has 1 fully saturated rings. The fraction of sp³-hybridized carbons (Fsp3) is 0.643. The Morgan fingerprint density at radius 1 is 1.58 bits per heavy atom. The van der Waals surface area contributed by atoms with Gasteiger partial charge in [0.05, 0.1) is 12.6 Å². The second kappa shape index (κ2) is 7.03. The van der Waals surface area contributed by atoms with Gasteiger partial charge in [-0.05, 0) is 50.2 Å². The topological polar surface area (TPSA) is 52.6 Å². The van der Waals surface area contributed by atoms with Crippen molar-refractivity contribution < 1.29 is 9.90 Å². The molecule has 1 saturated heterocycles. The number of carbonyl (C=O) groups excluding carboxylic acids is 1. The maximum Gasteiger partial charge on any atom is 0.234 e. The van der Waals surface area contributed by atoms with Crippen molar-refractivity contribution in [2.75, 3.05) is 26.2 Å². The molecule has 2 heterocycles. The molecule has 1 aromatic rings. The van der Waals surface area contributed by atoms with Crippen molar-refractivity contribution in [3.05, 3.63) is 22.4 Å². The van der Waals surface area contributed by atoms with Gasteiger partial charge in [-0.2, -0.15) is 0 Å². The van der Waals surface area contributed by atoms with Crippen LogP contribution in [0.1, 0.15) is 30.7 Å². The molecule has 0 saturated carbocycles. The number of nitrogens with one attached hydrogen (secondary N) is 1. The predicted molar refractivity (Wildman–Crippen MR) is 77.1 cm³/mol. The summed E-state index contributed by atoms with van der Waals surface area (Å²) in [6.45, 7) is 4.57. The largest absolute Gasteiger partial charge is 0.396 e. The van der Waals surface area contributed by atoms with Crippen LogP contribution in [0.4, 0.5) is 0 Å². The van der Waals surface area contributed by atoms with E-state index in [-0.39, 0.29) is 18.6 Å². The summed E-state index contributed by atoms with van der Waals surface area (Å²) in [7, 11) is 0. The summed E-state index contributed by atoms with van der Waals surface area (Å²) in [4.78, 5) is 15.3. The molecule has 0 radical (unpaired) electrons. The van der Waals surface area contributed by atoms with Crippen LogP contribution in [0.3, 0.4) is 0 Å². The van der Waals surface area contributed by atoms with E-state index < -0.39 is 0 Å². The van der Waals surface area contributed by atoms with E-state index in [0.29, 0.717) is 12.5 Å². The van der Waals surface area contributed by atoms with Crippen LogP contribution in [0.5, 0.6) is 0 Å². The number of hydrogen-bond donors (Lipinski definition) is 2. The number of likely N-dealkylation sites (tertiary alicyclic amines) is 1. The second-order valence-electron chi connectivity index (χ2n) is 5.21. The molecule has 0 aromatic carbocycles. The highest BCUT2D eigenvalue weighted by Crippen LogP contribution is 2.19. The highest BCUT2D eigenvalue weighted by Gasteiger charge is 2.20. The molecular weight excluding hydrogens is 260 g/mol. The summed E-state index contributed by atoms with van der Waals surface area (Å²) in [6.07, 6.45) is 1.98. The van der Waals surface area contributed by atoms with Crippen molar-refractivity contribution in [3.63, 3.8) is 0 Å². The van der Waals surface area contributed by atoms with E-state index in [0.717, 1.165) is 25.9 Å². The Balaban J connectivity index is 1.73. The Kier molecular flexibility index (Phi) is 5.36. The Bertz CT molecular complexity index is 386. The standard InChI is InChI=1S/C14H22N2O2S/c1-11(13-3-2-8-19-13)15-14(18)9-16-6-4-12(10-17)5-7-16/h2-3,8,11-12,17H,4-7,9-10H2,1H3,(H,15,18). The van der Waals surface area contributed by atoms with Gasteiger partial charge in [-0.15, -0.1) is 11.3 Å². The van der Waals surface area contributed by atoms with Gasteiger partial charge in [0.25, 0.3) is 0 Å². The maximum atomic E-state index is 12.0. The monoisotopic (exact) mass is 282 g/mol. The van der Waals surface area contributed by atoms with Crippen LogP contribution in [0, 0.1) is 5.92 Å². The van der Waals surface area contributed by atoms with E-state index in [1.807, 2.05) is 24.4 Å². The van der Waals surface area contributed by atoms with Crippen molar-refractivity contribution in [1.82, 2.24) is 10.2 Å². The molecule has 1 unspecified atom stereocenters. The Morgan fingerprint density at radius 3 is 2.89 bits per heavy atom. The molecule has 2 N–H and O–H groups in total. The molecular formula is C14H22N2O2S. The van der Waals surface area contributed by atoms with Crippen LogP contribution in [0.2, 0.25) is 0 Å². The van der Waals surface area contributed by atoms with Gasteiger partial charge < -0.3 is 10.4 Å². The number of nitrogens with zero attached hydrogens (tertiary/aromatic N) is 1. The number of aliphatic hydroxyl groups is 1. The average molecular weight is 282 g/mol. The summed E-state index contributed by atoms with van der Waals surface area (Å²) < 4.78 is 0. The molecule has 4 nitrogen and oxygen atoms in total. The number of aliphatic hydroxyl groups excluding tert-OH is 1. The van der Waals surface area contributed by atoms with Gasteiger partial charge in [0, 0.05) is 11.5 Å². The lowest BCUT2D eigenvalue weighted by molar-refractivity contribution is -0.123. The zero-order valence-electron chi connectivity index (χ0n) is 11.3. The molecule has 19 heavy (non-hydrogen) atoms. The van der Waals surface area contributed by atoms with Gasteiger partial charge in [0.2, 0.25) is 5.91 Å². The Labute approximate surface area is 118 Å². The van der Waals surface area contributed by atoms with Crippen LogP contribution in [-0.4, -0.2) is 42.2 Å². The Morgan fingerprint density at radius 2 is 2.32 bits per heavy atom. The lowest BCUT2D eigenvalue weighted by atomic mass is 9.98. The fourth-order valence-electron chi connectivity index (χ4n) is 2.43. The molecule has 0 spiro atoms. The summed E-state index contributed by atoms with van der Waals surface area (Å²) >= 11 is 1.67. The lowest BCUT2D eigenvalue weighted by Gasteiger charge is -2.30. The first kappa shape index (κ1) is 14.5. The number of piperidine rings is 1. The van der Waals surface area contributed by atoms with Gasteiger partial charge in [-0.1, -0.05) is 6.07 Å². The highest BCUT2D eigenvalue weighted by molar-refractivity contribution is 7.10. The molecule has 1 aliphatic rings. The molecule has 106 valence electrons. The minimum Gasteiger partial charge on any atom is -0.396 e. The summed E-state index contributed by atoms with van der Waals surface area (Å²) in [6, 6.07) is 4.13. The van der Waals surface area contributed by atoms with E-state index >= 15 is 0 Å². The molecule has 1 aromatic heterocycles. The zero-order valence-corrected chi connectivity index (χ0v) is 12.2. The molecule has 5 heteroatoms. The van der Waals surface area contributed by atoms with Crippen molar-refractivity contribution >= 4 is 17.2 Å². The van der Waals surface area contributed by atoms with Crippen LogP contribution in [0.25, 0.3) is 0 Å². The number of thiophene rings is 1. The van der Waals surface area contributed by atoms with E-state index in [1.54, 1.807) is 11.3 Å². The molecule has 1 amide bonds. The smallest absolute Gasteiger partial charge is 0.234 e. The normalized spacial score (nSPS) is 19.3. The van der Waals surface area contributed by atoms with Crippen molar-refractivity contribution in [3.8, 4) is 0 Å². The maximum absolute atomic E-state index is 12.0. The van der Waals surface area contributed by atoms with Crippen molar-refractivity contribution in [2.45, 2.75) is 25.8 Å². The first-order valence-corrected chi connectivity index (χ1v) is 7.73. The summed E-state index contributed by atoms with van der Waals surface area (Å²) in [5, 5.41) is 14.1. The third kappa shape index (κ3) is 4.30. The van der Waals surface area contributed by atoms with Crippen LogP contribution >= 0.6 is 11.3 Å². The third-order valence-electron chi connectivity index (χ3n) is 3.68. The van der Waals surface area contributed by atoms with Crippen LogP contribution < -0.4 is 5.32 Å². The number of rotatable bonds is 5. The molecule has 0 aliphatic carbocycles. The second-order valence-corrected chi connectivity index (χ2v) is 6.19. The van der Waals surface area contributed by atoms with Gasteiger partial charge in [-0.25, -0.2) is 0 Å². The van der Waals surface area contributed by atoms with Gasteiger partial charge in [-0.3, -0.25) is 9.69 Å². The quantitative estimate of drug-likeness (QED) is 0.863. The first-order valence-electron chi connectivity index (χ1n) is 6.85. The van der Waals surface area contributed by atoms with Gasteiger partial charge in [0.1, 0.15) is 0 Å². The number of carbonyl (C=O) groups is 1. The number of hydrogen-bond acceptors (Lipinski definition) is 4. The molecule has 1 aliphatic heterocycles. The molecule has 0 bridgehead atoms. The third-order valence-corrected chi connectivity index (χ3v) is 4.74. The van der Waals surface area contributed by atoms with Crippen LogP contribution in [-0.2, 0) is 4.79 Å². The minimum absolute atomic E-state index is 0.0856. The summed E-state index contributed by atoms with van der Waals surface area (Å²) in [5.74, 6) is 0.507. The minimum atomic E-state index is 0.0856. The fourth-order valence-corrected chi connectivity index (χ4v) is 3.16. The van der Waals surface area contributed by atoms with E-state index in [4.69, 9.17) is 5.11 Å². The zero-order chi connectivity index (χ0) is 13.7. The van der Waals surface area contributed by atoms with Crippen LogP contribution in [0.15, 0.2) is 17.5 Å². The Hall–Kier alpha value is -0.910. The van der Waals surface area contributed by atoms with E-state index in [1.165, 1.54) is 4.88 Å². The van der Waals surface area contributed by atoms with Crippen molar-refractivity contribution in [2.24, 2.45) is 5.92 Å². The van der Waals surface area contributed by atoms with Gasteiger partial charge >= 0.3 is 0 Å².